The summed E-state index contributed by atoms with van der Waals surface area (Å²) in [5.74, 6) is 0.496. The van der Waals surface area contributed by atoms with E-state index in [-0.39, 0.29) is 22.2 Å². The van der Waals surface area contributed by atoms with Gasteiger partial charge in [0.2, 0.25) is 9.84 Å². The molecule has 1 amide bonds. The van der Waals surface area contributed by atoms with Crippen LogP contribution in [0.4, 0.5) is 11.4 Å². The van der Waals surface area contributed by atoms with Crippen LogP contribution in [-0.4, -0.2) is 23.9 Å². The quantitative estimate of drug-likeness (QED) is 0.710. The number of aromatic nitrogens is 2. The summed E-state index contributed by atoms with van der Waals surface area (Å²) in [5.41, 5.74) is 0.757. The average Bonchev–Trinajstić information content (AvgIpc) is 3.00. The third-order valence-corrected chi connectivity index (χ3v) is 6.12. The number of benzene rings is 2. The second kappa shape index (κ2) is 5.56. The molecule has 1 aliphatic heterocycles. The monoisotopic (exact) mass is 353 g/mol. The zero-order valence-electron chi connectivity index (χ0n) is 13.5. The van der Waals surface area contributed by atoms with Crippen molar-refractivity contribution in [2.45, 2.75) is 23.3 Å². The summed E-state index contributed by atoms with van der Waals surface area (Å²) in [4.78, 5) is 18.9. The van der Waals surface area contributed by atoms with Crippen molar-refractivity contribution in [2.75, 3.05) is 4.90 Å². The minimum Gasteiger partial charge on any atom is -0.326 e. The van der Waals surface area contributed by atoms with Crippen molar-refractivity contribution in [1.29, 1.82) is 0 Å². The summed E-state index contributed by atoms with van der Waals surface area (Å²) in [6, 6.07) is 13.1. The van der Waals surface area contributed by atoms with Gasteiger partial charge in [0.15, 0.2) is 0 Å². The number of rotatable bonds is 2. The van der Waals surface area contributed by atoms with Crippen LogP contribution in [0.3, 0.4) is 0 Å². The maximum atomic E-state index is 13.0. The van der Waals surface area contributed by atoms with E-state index < -0.39 is 9.84 Å². The first kappa shape index (κ1) is 15.6. The lowest BCUT2D eigenvalue weighted by Crippen LogP contribution is -2.34. The van der Waals surface area contributed by atoms with Gasteiger partial charge < -0.3 is 4.57 Å². The van der Waals surface area contributed by atoms with Crippen LogP contribution in [-0.2, 0) is 21.2 Å². The summed E-state index contributed by atoms with van der Waals surface area (Å²) in [5, 5.41) is 0. The smallest absolute Gasteiger partial charge is 0.251 e. The Balaban J connectivity index is 1.89. The van der Waals surface area contributed by atoms with Crippen LogP contribution < -0.4 is 4.90 Å². The van der Waals surface area contributed by atoms with E-state index in [0.29, 0.717) is 11.4 Å². The van der Waals surface area contributed by atoms with Gasteiger partial charge in [-0.15, -0.1) is 0 Å². The fraction of sp³-hybridized carbons (Fsp3) is 0.111. The minimum absolute atomic E-state index is 0.0779. The van der Waals surface area contributed by atoms with Crippen molar-refractivity contribution >= 4 is 27.1 Å². The van der Waals surface area contributed by atoms with Crippen molar-refractivity contribution < 1.29 is 13.2 Å². The van der Waals surface area contributed by atoms with E-state index in [1.807, 2.05) is 6.92 Å². The summed E-state index contributed by atoms with van der Waals surface area (Å²) in [6.45, 7) is 1.89. The van der Waals surface area contributed by atoms with Crippen LogP contribution in [0.1, 0.15) is 5.82 Å². The fourth-order valence-electron chi connectivity index (χ4n) is 3.04. The van der Waals surface area contributed by atoms with Crippen LogP contribution in [0.5, 0.6) is 0 Å². The molecule has 0 aliphatic carbocycles. The largest absolute Gasteiger partial charge is 0.326 e. The van der Waals surface area contributed by atoms with E-state index >= 15 is 0 Å². The third kappa shape index (κ3) is 2.35. The van der Waals surface area contributed by atoms with Gasteiger partial charge in [-0.05, 0) is 31.2 Å². The molecule has 0 saturated carbocycles. The number of anilines is 2. The number of hydrogen-bond donors (Lipinski definition) is 0. The number of para-hydroxylation sites is 2. The summed E-state index contributed by atoms with van der Waals surface area (Å²) in [6.07, 6.45) is 3.36. The molecule has 4 rings (SSSR count). The number of sulfone groups is 1. The van der Waals surface area contributed by atoms with E-state index in [4.69, 9.17) is 0 Å². The molecule has 6 nitrogen and oxygen atoms in total. The van der Waals surface area contributed by atoms with E-state index in [0.717, 1.165) is 5.82 Å². The van der Waals surface area contributed by atoms with Crippen molar-refractivity contribution in [1.82, 2.24) is 9.55 Å². The van der Waals surface area contributed by atoms with Gasteiger partial charge in [-0.25, -0.2) is 13.4 Å². The summed E-state index contributed by atoms with van der Waals surface area (Å²) >= 11 is 0. The molecular weight excluding hydrogens is 338 g/mol. The predicted molar refractivity (Wildman–Crippen MR) is 92.4 cm³/mol. The van der Waals surface area contributed by atoms with Gasteiger partial charge >= 0.3 is 0 Å². The minimum atomic E-state index is -3.65. The second-order valence-electron chi connectivity index (χ2n) is 5.77. The first-order chi connectivity index (χ1) is 12.0. The van der Waals surface area contributed by atoms with Crippen LogP contribution in [0.25, 0.3) is 0 Å². The van der Waals surface area contributed by atoms with Gasteiger partial charge in [0, 0.05) is 12.4 Å². The van der Waals surface area contributed by atoms with Crippen LogP contribution >= 0.6 is 0 Å². The first-order valence-corrected chi connectivity index (χ1v) is 9.22. The lowest BCUT2D eigenvalue weighted by Gasteiger charge is -2.31. The molecule has 3 aromatic rings. The number of fused-ring (bicyclic) bond motifs is 2. The molecule has 2 aromatic carbocycles. The highest BCUT2D eigenvalue weighted by Gasteiger charge is 2.36. The normalized spacial score (nSPS) is 14.7. The van der Waals surface area contributed by atoms with Crippen LogP contribution in [0, 0.1) is 6.92 Å². The van der Waals surface area contributed by atoms with Crippen molar-refractivity contribution in [3.63, 3.8) is 0 Å². The van der Waals surface area contributed by atoms with Gasteiger partial charge in [-0.2, -0.15) is 0 Å². The number of carbonyl (C=O) groups is 1. The lowest BCUT2D eigenvalue weighted by atomic mass is 10.2. The summed E-state index contributed by atoms with van der Waals surface area (Å²) in [7, 11) is -3.65. The molecule has 0 saturated heterocycles. The van der Waals surface area contributed by atoms with Crippen molar-refractivity contribution in [2.24, 2.45) is 0 Å². The molecule has 2 heterocycles. The Morgan fingerprint density at radius 2 is 1.56 bits per heavy atom. The molecule has 126 valence electrons. The number of imidazole rings is 1. The van der Waals surface area contributed by atoms with Crippen LogP contribution in [0.15, 0.2) is 70.7 Å². The van der Waals surface area contributed by atoms with Gasteiger partial charge in [0.05, 0.1) is 21.2 Å². The lowest BCUT2D eigenvalue weighted by molar-refractivity contribution is -0.118. The number of amides is 1. The Hall–Kier alpha value is -2.93. The van der Waals surface area contributed by atoms with Crippen molar-refractivity contribution in [3.8, 4) is 0 Å². The molecule has 0 atom stereocenters. The zero-order chi connectivity index (χ0) is 17.6. The number of aryl methyl sites for hydroxylation is 1. The fourth-order valence-corrected chi connectivity index (χ4v) is 4.66. The number of carbonyl (C=O) groups excluding carboxylic acids is 1. The molecule has 0 radical (unpaired) electrons. The Morgan fingerprint density at radius 1 is 1.00 bits per heavy atom. The first-order valence-electron chi connectivity index (χ1n) is 7.74. The SMILES string of the molecule is Cc1nccn1CC(=O)N1c2ccccc2S(=O)(=O)c2ccccc21. The molecule has 1 aromatic heterocycles. The Labute approximate surface area is 145 Å². The standard InChI is InChI=1S/C18H15N3O3S/c1-13-19-10-11-20(13)12-18(22)21-14-6-2-4-8-16(14)25(23,24)17-9-5-3-7-15(17)21/h2-11H,12H2,1H3. The highest BCUT2D eigenvalue weighted by molar-refractivity contribution is 7.92. The topological polar surface area (TPSA) is 72.3 Å². The molecule has 0 bridgehead atoms. The highest BCUT2D eigenvalue weighted by Crippen LogP contribution is 2.43. The molecule has 0 unspecified atom stereocenters. The molecule has 25 heavy (non-hydrogen) atoms. The Morgan fingerprint density at radius 3 is 2.08 bits per heavy atom. The molecule has 1 aliphatic rings. The third-order valence-electron chi connectivity index (χ3n) is 4.27. The average molecular weight is 353 g/mol. The van der Waals surface area contributed by atoms with E-state index in [1.54, 1.807) is 53.4 Å². The maximum Gasteiger partial charge on any atom is 0.251 e. The molecule has 0 spiro atoms. The summed E-state index contributed by atoms with van der Waals surface area (Å²) < 4.78 is 27.5. The van der Waals surface area contributed by atoms with Gasteiger partial charge in [-0.1, -0.05) is 24.3 Å². The molecule has 7 heteroatoms. The van der Waals surface area contributed by atoms with Gasteiger partial charge in [-0.3, -0.25) is 9.69 Å². The molecule has 0 N–H and O–H groups in total. The van der Waals surface area contributed by atoms with Crippen molar-refractivity contribution in [3.05, 3.63) is 66.7 Å². The van der Waals surface area contributed by atoms with Gasteiger partial charge in [0.1, 0.15) is 12.4 Å². The number of nitrogens with zero attached hydrogens (tertiary/aromatic N) is 3. The Kier molecular flexibility index (Phi) is 3.47. The molecular formula is C18H15N3O3S. The zero-order valence-corrected chi connectivity index (χ0v) is 14.3. The second-order valence-corrected chi connectivity index (χ2v) is 7.66. The van der Waals surface area contributed by atoms with E-state index in [1.165, 1.54) is 17.0 Å². The Bertz CT molecular complexity index is 1030. The molecule has 0 fully saturated rings. The predicted octanol–water partition coefficient (Wildman–Crippen LogP) is 2.70. The van der Waals surface area contributed by atoms with Gasteiger partial charge in [0.25, 0.3) is 5.91 Å². The van der Waals surface area contributed by atoms with E-state index in [2.05, 4.69) is 4.98 Å². The highest BCUT2D eigenvalue weighted by atomic mass is 32.2. The maximum absolute atomic E-state index is 13.0. The van der Waals surface area contributed by atoms with Crippen LogP contribution in [0.2, 0.25) is 0 Å². The van der Waals surface area contributed by atoms with E-state index in [9.17, 15) is 13.2 Å². The number of hydrogen-bond acceptors (Lipinski definition) is 4.